The quantitative estimate of drug-likeness (QED) is 0.792. The van der Waals surface area contributed by atoms with Gasteiger partial charge in [-0.2, -0.15) is 5.10 Å². The smallest absolute Gasteiger partial charge is 0.229 e. The first-order chi connectivity index (χ1) is 13.6. The predicted octanol–water partition coefficient (Wildman–Crippen LogP) is 3.44. The fraction of sp³-hybridized carbons (Fsp3) is 0.545. The zero-order valence-corrected chi connectivity index (χ0v) is 16.2. The van der Waals surface area contributed by atoms with E-state index in [0.717, 1.165) is 31.2 Å². The molecule has 4 rings (SSSR count). The van der Waals surface area contributed by atoms with Crippen molar-refractivity contribution in [1.29, 1.82) is 0 Å². The molecule has 28 heavy (non-hydrogen) atoms. The molecule has 2 aromatic rings. The van der Waals surface area contributed by atoms with Gasteiger partial charge < -0.3 is 9.64 Å². The SMILES string of the molecule is O=C(N1CCOC(Cn2cccn2)C1)C1(Cc2cccc(F)c2)CCCCC1. The van der Waals surface area contributed by atoms with Crippen LogP contribution in [0.3, 0.4) is 0 Å². The first-order valence-corrected chi connectivity index (χ1v) is 10.3. The molecule has 0 N–H and O–H groups in total. The number of aromatic nitrogens is 2. The van der Waals surface area contributed by atoms with Crippen LogP contribution in [-0.2, 0) is 22.5 Å². The maximum atomic E-state index is 13.7. The van der Waals surface area contributed by atoms with E-state index in [9.17, 15) is 9.18 Å². The van der Waals surface area contributed by atoms with Crippen LogP contribution in [0, 0.1) is 11.2 Å². The van der Waals surface area contributed by atoms with Gasteiger partial charge in [0.2, 0.25) is 5.91 Å². The second-order valence-corrected chi connectivity index (χ2v) is 8.12. The van der Waals surface area contributed by atoms with Crippen molar-refractivity contribution in [3.05, 3.63) is 54.1 Å². The lowest BCUT2D eigenvalue weighted by molar-refractivity contribution is -0.152. The molecule has 0 spiro atoms. The number of rotatable bonds is 5. The molecule has 150 valence electrons. The van der Waals surface area contributed by atoms with Crippen LogP contribution in [0.2, 0.25) is 0 Å². The van der Waals surface area contributed by atoms with Crippen LogP contribution in [0.4, 0.5) is 4.39 Å². The number of carbonyl (C=O) groups excluding carboxylic acids is 1. The van der Waals surface area contributed by atoms with Crippen molar-refractivity contribution < 1.29 is 13.9 Å². The predicted molar refractivity (Wildman–Crippen MR) is 104 cm³/mol. The summed E-state index contributed by atoms with van der Waals surface area (Å²) in [6.45, 7) is 2.41. The Morgan fingerprint density at radius 3 is 2.86 bits per heavy atom. The molecule has 2 fully saturated rings. The Labute approximate surface area is 165 Å². The molecule has 1 aromatic carbocycles. The summed E-state index contributed by atoms with van der Waals surface area (Å²) >= 11 is 0. The lowest BCUT2D eigenvalue weighted by Gasteiger charge is -2.42. The fourth-order valence-electron chi connectivity index (χ4n) is 4.70. The van der Waals surface area contributed by atoms with Gasteiger partial charge in [0.25, 0.3) is 0 Å². The van der Waals surface area contributed by atoms with E-state index in [1.54, 1.807) is 18.3 Å². The third-order valence-electron chi connectivity index (χ3n) is 6.07. The summed E-state index contributed by atoms with van der Waals surface area (Å²) in [5, 5.41) is 4.25. The van der Waals surface area contributed by atoms with Crippen molar-refractivity contribution in [3.8, 4) is 0 Å². The van der Waals surface area contributed by atoms with Crippen molar-refractivity contribution in [2.45, 2.75) is 51.2 Å². The minimum Gasteiger partial charge on any atom is -0.373 e. The largest absolute Gasteiger partial charge is 0.373 e. The molecule has 2 aliphatic rings. The molecule has 1 atom stereocenters. The van der Waals surface area contributed by atoms with Gasteiger partial charge in [0.1, 0.15) is 5.82 Å². The van der Waals surface area contributed by atoms with E-state index in [-0.39, 0.29) is 17.8 Å². The maximum Gasteiger partial charge on any atom is 0.229 e. The van der Waals surface area contributed by atoms with Crippen LogP contribution in [0.15, 0.2) is 42.7 Å². The number of ether oxygens (including phenoxy) is 1. The number of halogens is 1. The molecule has 2 heterocycles. The number of carbonyl (C=O) groups is 1. The Hall–Kier alpha value is -2.21. The zero-order chi connectivity index (χ0) is 19.4. The highest BCUT2D eigenvalue weighted by atomic mass is 19.1. The third-order valence-corrected chi connectivity index (χ3v) is 6.07. The lowest BCUT2D eigenvalue weighted by Crippen LogP contribution is -2.53. The molecule has 6 heteroatoms. The Kier molecular flexibility index (Phi) is 5.76. The van der Waals surface area contributed by atoms with Gasteiger partial charge in [-0.15, -0.1) is 0 Å². The topological polar surface area (TPSA) is 47.4 Å². The maximum absolute atomic E-state index is 13.7. The third kappa shape index (κ3) is 4.27. The van der Waals surface area contributed by atoms with E-state index in [1.807, 2.05) is 27.9 Å². The van der Waals surface area contributed by atoms with E-state index in [0.29, 0.717) is 32.7 Å². The first kappa shape index (κ1) is 19.1. The van der Waals surface area contributed by atoms with E-state index < -0.39 is 5.41 Å². The highest BCUT2D eigenvalue weighted by Crippen LogP contribution is 2.41. The Balaban J connectivity index is 1.50. The number of nitrogens with zero attached hydrogens (tertiary/aromatic N) is 3. The molecule has 1 unspecified atom stereocenters. The summed E-state index contributed by atoms with van der Waals surface area (Å²) < 4.78 is 21.4. The normalized spacial score (nSPS) is 22.2. The van der Waals surface area contributed by atoms with Crippen molar-refractivity contribution in [2.24, 2.45) is 5.41 Å². The van der Waals surface area contributed by atoms with Crippen LogP contribution in [-0.4, -0.2) is 46.4 Å². The van der Waals surface area contributed by atoms with Gasteiger partial charge in [0.05, 0.1) is 24.7 Å². The summed E-state index contributed by atoms with van der Waals surface area (Å²) in [6.07, 6.45) is 9.27. The molecule has 5 nitrogen and oxygen atoms in total. The van der Waals surface area contributed by atoms with E-state index >= 15 is 0 Å². The summed E-state index contributed by atoms with van der Waals surface area (Å²) in [5.41, 5.74) is 0.496. The fourth-order valence-corrected chi connectivity index (χ4v) is 4.70. The molecule has 1 aliphatic carbocycles. The monoisotopic (exact) mass is 385 g/mol. The second kappa shape index (κ2) is 8.43. The van der Waals surface area contributed by atoms with Crippen LogP contribution in [0.1, 0.15) is 37.7 Å². The highest BCUT2D eigenvalue weighted by Gasteiger charge is 2.43. The molecule has 0 bridgehead atoms. The van der Waals surface area contributed by atoms with Crippen LogP contribution >= 0.6 is 0 Å². The number of morpholine rings is 1. The molecule has 1 aromatic heterocycles. The molecule has 1 aliphatic heterocycles. The number of hydrogen-bond acceptors (Lipinski definition) is 3. The van der Waals surface area contributed by atoms with Crippen LogP contribution in [0.25, 0.3) is 0 Å². The standard InChI is InChI=1S/C22H28FN3O2/c23-19-7-4-6-18(14-19)15-22(8-2-1-3-9-22)21(27)25-12-13-28-20(16-25)17-26-11-5-10-24-26/h4-7,10-11,14,20H,1-3,8-9,12-13,15-17H2. The van der Waals surface area contributed by atoms with Crippen molar-refractivity contribution >= 4 is 5.91 Å². The van der Waals surface area contributed by atoms with Gasteiger partial charge in [-0.05, 0) is 43.0 Å². The van der Waals surface area contributed by atoms with Gasteiger partial charge in [-0.1, -0.05) is 31.4 Å². The minimum atomic E-state index is -0.417. The van der Waals surface area contributed by atoms with Crippen LogP contribution < -0.4 is 0 Å². The highest BCUT2D eigenvalue weighted by molar-refractivity contribution is 5.83. The van der Waals surface area contributed by atoms with Crippen molar-refractivity contribution in [1.82, 2.24) is 14.7 Å². The molecular formula is C22H28FN3O2. The molecule has 1 saturated heterocycles. The molecule has 1 saturated carbocycles. The van der Waals surface area contributed by atoms with Gasteiger partial charge in [-0.25, -0.2) is 4.39 Å². The lowest BCUT2D eigenvalue weighted by atomic mass is 9.69. The average Bonchev–Trinajstić information content (AvgIpc) is 3.21. The molecule has 0 radical (unpaired) electrons. The second-order valence-electron chi connectivity index (χ2n) is 8.12. The summed E-state index contributed by atoms with van der Waals surface area (Å²) in [5.74, 6) is -0.0215. The molecule has 1 amide bonds. The Morgan fingerprint density at radius 1 is 1.25 bits per heavy atom. The minimum absolute atomic E-state index is 0.0487. The summed E-state index contributed by atoms with van der Waals surface area (Å²) in [6, 6.07) is 8.60. The van der Waals surface area contributed by atoms with E-state index in [2.05, 4.69) is 5.10 Å². The Bertz CT molecular complexity index is 787. The van der Waals surface area contributed by atoms with E-state index in [1.165, 1.54) is 12.5 Å². The van der Waals surface area contributed by atoms with Crippen LogP contribution in [0.5, 0.6) is 0 Å². The zero-order valence-electron chi connectivity index (χ0n) is 16.2. The first-order valence-electron chi connectivity index (χ1n) is 10.3. The Morgan fingerprint density at radius 2 is 2.11 bits per heavy atom. The number of benzene rings is 1. The number of amides is 1. The molecular weight excluding hydrogens is 357 g/mol. The van der Waals surface area contributed by atoms with Crippen molar-refractivity contribution in [3.63, 3.8) is 0 Å². The summed E-state index contributed by atoms with van der Waals surface area (Å²) in [7, 11) is 0. The van der Waals surface area contributed by atoms with E-state index in [4.69, 9.17) is 4.74 Å². The number of hydrogen-bond donors (Lipinski definition) is 0. The van der Waals surface area contributed by atoms with Gasteiger partial charge in [-0.3, -0.25) is 9.48 Å². The van der Waals surface area contributed by atoms with Gasteiger partial charge in [0, 0.05) is 25.5 Å². The van der Waals surface area contributed by atoms with Gasteiger partial charge >= 0.3 is 0 Å². The summed E-state index contributed by atoms with van der Waals surface area (Å²) in [4.78, 5) is 15.6. The van der Waals surface area contributed by atoms with Crippen molar-refractivity contribution in [2.75, 3.05) is 19.7 Å². The van der Waals surface area contributed by atoms with Gasteiger partial charge in [0.15, 0.2) is 0 Å². The average molecular weight is 385 g/mol.